The van der Waals surface area contributed by atoms with E-state index >= 15 is 0 Å². The molecule has 1 nitrogen and oxygen atoms in total. The van der Waals surface area contributed by atoms with Crippen molar-refractivity contribution in [1.82, 2.24) is 0 Å². The second-order valence-corrected chi connectivity index (χ2v) is 7.59. The number of hydrogen-bond acceptors (Lipinski definition) is 1. The minimum Gasteiger partial charge on any atom is -0.266 e. The molecule has 1 heteroatoms. The Balaban J connectivity index is 2.86. The lowest BCUT2D eigenvalue weighted by atomic mass is 9.83. The van der Waals surface area contributed by atoms with Crippen molar-refractivity contribution in [2.75, 3.05) is 0 Å². The molecule has 0 bridgehead atoms. The van der Waals surface area contributed by atoms with Crippen LogP contribution in [0.4, 0.5) is 0 Å². The van der Waals surface area contributed by atoms with E-state index in [1.807, 2.05) is 13.1 Å². The molecule has 148 valence electrons. The molecule has 2 atom stereocenters. The van der Waals surface area contributed by atoms with Gasteiger partial charge in [0.05, 0.1) is 0 Å². The van der Waals surface area contributed by atoms with Gasteiger partial charge in [-0.25, -0.2) is 0 Å². The average Bonchev–Trinajstić information content (AvgIpc) is 2.68. The minimum atomic E-state index is 0.466. The highest BCUT2D eigenvalue weighted by Gasteiger charge is 2.15. The lowest BCUT2D eigenvalue weighted by Crippen LogP contribution is -2.10. The predicted octanol–water partition coefficient (Wildman–Crippen LogP) is 8.04. The van der Waals surface area contributed by atoms with E-state index in [2.05, 4.69) is 82.6 Å². The molecule has 0 heterocycles. The van der Waals surface area contributed by atoms with Gasteiger partial charge in [-0.05, 0) is 75.5 Å². The normalized spacial score (nSPS) is 15.2. The number of hydrogen-bond donors (Lipinski definition) is 0. The van der Waals surface area contributed by atoms with Gasteiger partial charge in [0.15, 0.2) is 0 Å². The van der Waals surface area contributed by atoms with Gasteiger partial charge < -0.3 is 0 Å². The first kappa shape index (κ1) is 23.1. The maximum absolute atomic E-state index is 4.45. The van der Waals surface area contributed by atoms with Crippen molar-refractivity contribution in [3.8, 4) is 0 Å². The first-order chi connectivity index (χ1) is 12.9. The summed E-state index contributed by atoms with van der Waals surface area (Å²) in [6, 6.07) is 8.91. The summed E-state index contributed by atoms with van der Waals surface area (Å²) in [6.07, 6.45) is 12.4. The van der Waals surface area contributed by atoms with Gasteiger partial charge in [-0.2, -0.15) is 0 Å². The number of aryl methyl sites for hydroxylation is 1. The first-order valence-electron chi connectivity index (χ1n) is 10.5. The van der Waals surface area contributed by atoms with Crippen LogP contribution in [-0.2, 0) is 6.42 Å². The lowest BCUT2D eigenvalue weighted by Gasteiger charge is -2.22. The maximum Gasteiger partial charge on any atom is 0.0403 e. The summed E-state index contributed by atoms with van der Waals surface area (Å²) in [4.78, 5) is 4.43. The van der Waals surface area contributed by atoms with E-state index in [0.717, 1.165) is 18.5 Å². The van der Waals surface area contributed by atoms with Crippen molar-refractivity contribution in [3.63, 3.8) is 0 Å². The Bertz CT molecular complexity index is 675. The van der Waals surface area contributed by atoms with Gasteiger partial charge >= 0.3 is 0 Å². The topological polar surface area (TPSA) is 12.4 Å². The number of rotatable bonds is 11. The molecule has 0 amide bonds. The molecule has 0 aliphatic heterocycles. The summed E-state index contributed by atoms with van der Waals surface area (Å²) in [7, 11) is 0. The van der Waals surface area contributed by atoms with E-state index in [4.69, 9.17) is 0 Å². The molecule has 1 rings (SSSR count). The predicted molar refractivity (Wildman–Crippen MR) is 123 cm³/mol. The third kappa shape index (κ3) is 7.71. The number of nitrogens with zero attached hydrogens (tertiary/aromatic N) is 1. The van der Waals surface area contributed by atoms with Crippen LogP contribution in [0.3, 0.4) is 0 Å². The highest BCUT2D eigenvalue weighted by molar-refractivity contribution is 5.69. The van der Waals surface area contributed by atoms with E-state index < -0.39 is 0 Å². The SMILES string of the molecule is C=C(C(C)CCCC)C(/C=C\C)CCc1cccc(/C(C)=C(C)/N=C\C)c1. The van der Waals surface area contributed by atoms with Crippen LogP contribution in [0.25, 0.3) is 5.57 Å². The highest BCUT2D eigenvalue weighted by atomic mass is 14.7. The second kappa shape index (κ2) is 12.5. The quantitative estimate of drug-likeness (QED) is 0.278. The zero-order valence-electron chi connectivity index (χ0n) is 18.4. The van der Waals surface area contributed by atoms with Gasteiger partial charge in [-0.3, -0.25) is 4.99 Å². The van der Waals surface area contributed by atoms with E-state index in [0.29, 0.717) is 11.8 Å². The molecule has 0 aliphatic rings. The molecule has 1 aromatic carbocycles. The first-order valence-corrected chi connectivity index (χ1v) is 10.5. The van der Waals surface area contributed by atoms with E-state index in [9.17, 15) is 0 Å². The molecule has 0 saturated carbocycles. The van der Waals surface area contributed by atoms with Crippen LogP contribution >= 0.6 is 0 Å². The molecule has 0 spiro atoms. The molecule has 0 radical (unpaired) electrons. The molecular weight excluding hydrogens is 326 g/mol. The lowest BCUT2D eigenvalue weighted by molar-refractivity contribution is 0.511. The smallest absolute Gasteiger partial charge is 0.0403 e. The molecule has 2 unspecified atom stereocenters. The third-order valence-electron chi connectivity index (χ3n) is 5.49. The number of unbranched alkanes of at least 4 members (excludes halogenated alkanes) is 1. The highest BCUT2D eigenvalue weighted by Crippen LogP contribution is 2.28. The fraction of sp³-hybridized carbons (Fsp3) is 0.500. The Hall–Kier alpha value is -1.89. The summed E-state index contributed by atoms with van der Waals surface area (Å²) >= 11 is 0. The molecule has 0 aliphatic carbocycles. The fourth-order valence-electron chi connectivity index (χ4n) is 3.48. The summed E-state index contributed by atoms with van der Waals surface area (Å²) in [5.41, 5.74) is 6.39. The zero-order chi connectivity index (χ0) is 20.2. The monoisotopic (exact) mass is 365 g/mol. The van der Waals surface area contributed by atoms with E-state index in [1.165, 1.54) is 41.5 Å². The van der Waals surface area contributed by atoms with Crippen LogP contribution in [0.5, 0.6) is 0 Å². The van der Waals surface area contributed by atoms with Crippen molar-refractivity contribution < 1.29 is 0 Å². The van der Waals surface area contributed by atoms with E-state index in [1.54, 1.807) is 0 Å². The fourth-order valence-corrected chi connectivity index (χ4v) is 3.48. The molecule has 0 saturated heterocycles. The molecule has 1 aromatic rings. The van der Waals surface area contributed by atoms with Crippen molar-refractivity contribution >= 4 is 11.8 Å². The van der Waals surface area contributed by atoms with Gasteiger partial charge in [0.1, 0.15) is 0 Å². The average molecular weight is 366 g/mol. The molecule has 27 heavy (non-hydrogen) atoms. The summed E-state index contributed by atoms with van der Waals surface area (Å²) in [6.45, 7) is 17.4. The number of benzene rings is 1. The van der Waals surface area contributed by atoms with Gasteiger partial charge in [-0.15, -0.1) is 0 Å². The van der Waals surface area contributed by atoms with Crippen molar-refractivity contribution in [2.45, 2.75) is 73.6 Å². The number of allylic oxidation sites excluding steroid dienone is 5. The van der Waals surface area contributed by atoms with Crippen LogP contribution in [0.2, 0.25) is 0 Å². The minimum absolute atomic E-state index is 0.466. The summed E-state index contributed by atoms with van der Waals surface area (Å²) in [5.74, 6) is 1.06. The Morgan fingerprint density at radius 1 is 1.19 bits per heavy atom. The maximum atomic E-state index is 4.45. The van der Waals surface area contributed by atoms with Gasteiger partial charge in [0, 0.05) is 11.9 Å². The van der Waals surface area contributed by atoms with Gasteiger partial charge in [0.25, 0.3) is 0 Å². The third-order valence-corrected chi connectivity index (χ3v) is 5.49. The van der Waals surface area contributed by atoms with Crippen LogP contribution in [-0.4, -0.2) is 6.21 Å². The molecular formula is C26H39N. The molecule has 0 aromatic heterocycles. The Morgan fingerprint density at radius 2 is 1.93 bits per heavy atom. The van der Waals surface area contributed by atoms with Crippen LogP contribution in [0.15, 0.2) is 59.3 Å². The van der Waals surface area contributed by atoms with Crippen LogP contribution < -0.4 is 0 Å². The Labute approximate surface area is 168 Å². The molecule has 0 N–H and O–H groups in total. The summed E-state index contributed by atoms with van der Waals surface area (Å²) < 4.78 is 0. The Kier molecular flexibility index (Phi) is 10.7. The largest absolute Gasteiger partial charge is 0.266 e. The van der Waals surface area contributed by atoms with Crippen molar-refractivity contribution in [3.05, 3.63) is 65.4 Å². The second-order valence-electron chi connectivity index (χ2n) is 7.59. The zero-order valence-corrected chi connectivity index (χ0v) is 18.4. The Morgan fingerprint density at radius 3 is 2.56 bits per heavy atom. The molecule has 0 fully saturated rings. The number of aliphatic imine (C=N–C) groups is 1. The van der Waals surface area contributed by atoms with Crippen molar-refractivity contribution in [1.29, 1.82) is 0 Å². The standard InChI is InChI=1S/C26H39N/c1-8-11-14-20(4)21(5)25(13-9-2)18-17-24-15-12-16-26(19-24)22(6)23(7)27-10-3/h9-10,12-13,15-16,19-20,25H,5,8,11,14,17-18H2,1-4,6-7H3/b13-9-,23-22+,27-10-. The summed E-state index contributed by atoms with van der Waals surface area (Å²) in [5, 5.41) is 0. The van der Waals surface area contributed by atoms with Crippen LogP contribution in [0, 0.1) is 11.8 Å². The van der Waals surface area contributed by atoms with Gasteiger partial charge in [-0.1, -0.05) is 75.3 Å². The van der Waals surface area contributed by atoms with Crippen LogP contribution in [0.1, 0.15) is 78.4 Å². The van der Waals surface area contributed by atoms with Crippen molar-refractivity contribution in [2.24, 2.45) is 16.8 Å². The van der Waals surface area contributed by atoms with Gasteiger partial charge in [0.2, 0.25) is 0 Å². The van der Waals surface area contributed by atoms with E-state index in [-0.39, 0.29) is 0 Å².